The Balaban J connectivity index is 2.02. The second-order valence-corrected chi connectivity index (χ2v) is 5.26. The molecule has 0 amide bonds. The molecular weight excluding hydrogens is 293 g/mol. The van der Waals surface area contributed by atoms with Crippen molar-refractivity contribution in [2.24, 2.45) is 0 Å². The molecule has 0 spiro atoms. The molecule has 0 aliphatic heterocycles. The SMILES string of the molecule is COc1ccc(Cl)cc1CNc1ccc(CCCl)cc1. The van der Waals surface area contributed by atoms with Gasteiger partial charge < -0.3 is 10.1 Å². The van der Waals surface area contributed by atoms with Crippen molar-refractivity contribution in [3.8, 4) is 5.75 Å². The molecule has 4 heteroatoms. The molecule has 0 aliphatic carbocycles. The number of hydrogen-bond acceptors (Lipinski definition) is 2. The highest BCUT2D eigenvalue weighted by atomic mass is 35.5. The first-order valence-electron chi connectivity index (χ1n) is 6.44. The smallest absolute Gasteiger partial charge is 0.123 e. The molecule has 0 fully saturated rings. The molecule has 2 aromatic rings. The van der Waals surface area contributed by atoms with E-state index in [0.29, 0.717) is 17.4 Å². The van der Waals surface area contributed by atoms with Crippen LogP contribution >= 0.6 is 23.2 Å². The van der Waals surface area contributed by atoms with Crippen LogP contribution in [0.1, 0.15) is 11.1 Å². The summed E-state index contributed by atoms with van der Waals surface area (Å²) in [6.45, 7) is 0.665. The number of benzene rings is 2. The van der Waals surface area contributed by atoms with E-state index < -0.39 is 0 Å². The lowest BCUT2D eigenvalue weighted by Crippen LogP contribution is -2.02. The Bertz CT molecular complexity index is 555. The van der Waals surface area contributed by atoms with Crippen molar-refractivity contribution < 1.29 is 4.74 Å². The molecule has 0 radical (unpaired) electrons. The van der Waals surface area contributed by atoms with Crippen molar-refractivity contribution in [2.75, 3.05) is 18.3 Å². The molecule has 0 aliphatic rings. The van der Waals surface area contributed by atoms with Gasteiger partial charge in [0.15, 0.2) is 0 Å². The minimum Gasteiger partial charge on any atom is -0.496 e. The number of methoxy groups -OCH3 is 1. The lowest BCUT2D eigenvalue weighted by Gasteiger charge is -2.11. The molecule has 2 aromatic carbocycles. The fraction of sp³-hybridized carbons (Fsp3) is 0.250. The monoisotopic (exact) mass is 309 g/mol. The lowest BCUT2D eigenvalue weighted by molar-refractivity contribution is 0.410. The molecule has 0 unspecified atom stereocenters. The van der Waals surface area contributed by atoms with Crippen molar-refractivity contribution in [1.29, 1.82) is 0 Å². The zero-order valence-corrected chi connectivity index (χ0v) is 12.8. The summed E-state index contributed by atoms with van der Waals surface area (Å²) in [5.41, 5.74) is 3.33. The van der Waals surface area contributed by atoms with Gasteiger partial charge in [0.25, 0.3) is 0 Å². The number of rotatable bonds is 6. The summed E-state index contributed by atoms with van der Waals surface area (Å²) in [6.07, 6.45) is 0.893. The molecule has 20 heavy (non-hydrogen) atoms. The van der Waals surface area contributed by atoms with E-state index in [4.69, 9.17) is 27.9 Å². The Hall–Kier alpha value is -1.38. The van der Waals surface area contributed by atoms with Crippen molar-refractivity contribution in [3.05, 3.63) is 58.6 Å². The lowest BCUT2D eigenvalue weighted by atomic mass is 10.1. The molecule has 0 bridgehead atoms. The van der Waals surface area contributed by atoms with Crippen LogP contribution in [0.4, 0.5) is 5.69 Å². The molecule has 0 aromatic heterocycles. The van der Waals surface area contributed by atoms with Crippen LogP contribution in [-0.2, 0) is 13.0 Å². The van der Waals surface area contributed by atoms with Crippen LogP contribution < -0.4 is 10.1 Å². The molecule has 0 atom stereocenters. The molecule has 0 heterocycles. The second kappa shape index (κ2) is 7.41. The maximum Gasteiger partial charge on any atom is 0.123 e. The molecule has 2 rings (SSSR count). The van der Waals surface area contributed by atoms with Gasteiger partial charge in [-0.2, -0.15) is 0 Å². The Morgan fingerprint density at radius 2 is 1.85 bits per heavy atom. The van der Waals surface area contributed by atoms with Crippen LogP contribution in [0, 0.1) is 0 Å². The topological polar surface area (TPSA) is 21.3 Å². The largest absolute Gasteiger partial charge is 0.496 e. The van der Waals surface area contributed by atoms with Gasteiger partial charge in [-0.1, -0.05) is 23.7 Å². The number of halogens is 2. The minimum absolute atomic E-state index is 0.645. The number of anilines is 1. The fourth-order valence-corrected chi connectivity index (χ4v) is 2.39. The first-order valence-corrected chi connectivity index (χ1v) is 7.35. The fourth-order valence-electron chi connectivity index (χ4n) is 1.98. The Labute approximate surface area is 129 Å². The van der Waals surface area contributed by atoms with Crippen molar-refractivity contribution in [2.45, 2.75) is 13.0 Å². The van der Waals surface area contributed by atoms with Gasteiger partial charge in [0.2, 0.25) is 0 Å². The first kappa shape index (κ1) is 15.0. The van der Waals surface area contributed by atoms with E-state index in [1.54, 1.807) is 7.11 Å². The summed E-state index contributed by atoms with van der Waals surface area (Å²) in [6, 6.07) is 13.9. The molecule has 2 nitrogen and oxygen atoms in total. The zero-order chi connectivity index (χ0) is 14.4. The van der Waals surface area contributed by atoms with Crippen molar-refractivity contribution in [3.63, 3.8) is 0 Å². The number of nitrogens with one attached hydrogen (secondary N) is 1. The maximum absolute atomic E-state index is 6.02. The third kappa shape index (κ3) is 4.06. The van der Waals surface area contributed by atoms with E-state index in [0.717, 1.165) is 23.4 Å². The van der Waals surface area contributed by atoms with Crippen LogP contribution in [0.25, 0.3) is 0 Å². The molecular formula is C16H17Cl2NO. The normalized spacial score (nSPS) is 10.3. The quantitative estimate of drug-likeness (QED) is 0.778. The van der Waals surface area contributed by atoms with E-state index >= 15 is 0 Å². The summed E-state index contributed by atoms with van der Waals surface area (Å²) in [7, 11) is 1.66. The Kier molecular flexibility index (Phi) is 5.57. The second-order valence-electron chi connectivity index (χ2n) is 4.45. The van der Waals surface area contributed by atoms with Gasteiger partial charge in [-0.05, 0) is 42.3 Å². The number of alkyl halides is 1. The summed E-state index contributed by atoms with van der Waals surface area (Å²) >= 11 is 11.7. The molecule has 0 saturated carbocycles. The highest BCUT2D eigenvalue weighted by molar-refractivity contribution is 6.30. The maximum atomic E-state index is 6.02. The van der Waals surface area contributed by atoms with E-state index in [1.807, 2.05) is 18.2 Å². The van der Waals surface area contributed by atoms with Gasteiger partial charge in [-0.3, -0.25) is 0 Å². The van der Waals surface area contributed by atoms with Crippen LogP contribution in [0.15, 0.2) is 42.5 Å². The highest BCUT2D eigenvalue weighted by Gasteiger charge is 2.04. The summed E-state index contributed by atoms with van der Waals surface area (Å²) in [5.74, 6) is 1.48. The molecule has 1 N–H and O–H groups in total. The first-order chi connectivity index (χ1) is 9.72. The molecule has 106 valence electrons. The third-order valence-corrected chi connectivity index (χ3v) is 3.49. The van der Waals surface area contributed by atoms with E-state index in [9.17, 15) is 0 Å². The van der Waals surface area contributed by atoms with Gasteiger partial charge in [-0.25, -0.2) is 0 Å². The Morgan fingerprint density at radius 3 is 2.50 bits per heavy atom. The van der Waals surface area contributed by atoms with Gasteiger partial charge in [0.1, 0.15) is 5.75 Å². The average Bonchev–Trinajstić information content (AvgIpc) is 2.47. The van der Waals surface area contributed by atoms with Gasteiger partial charge in [0.05, 0.1) is 7.11 Å². The number of aryl methyl sites for hydroxylation is 1. The minimum atomic E-state index is 0.645. The Morgan fingerprint density at radius 1 is 1.10 bits per heavy atom. The predicted octanol–water partition coefficient (Wildman–Crippen LogP) is 4.74. The van der Waals surface area contributed by atoms with Crippen LogP contribution in [0.3, 0.4) is 0 Å². The van der Waals surface area contributed by atoms with E-state index in [-0.39, 0.29) is 0 Å². The third-order valence-electron chi connectivity index (χ3n) is 3.06. The predicted molar refractivity (Wildman–Crippen MR) is 86.2 cm³/mol. The van der Waals surface area contributed by atoms with Crippen LogP contribution in [0.2, 0.25) is 5.02 Å². The average molecular weight is 310 g/mol. The number of hydrogen-bond donors (Lipinski definition) is 1. The van der Waals surface area contributed by atoms with Crippen molar-refractivity contribution >= 4 is 28.9 Å². The summed E-state index contributed by atoms with van der Waals surface area (Å²) in [4.78, 5) is 0. The molecule has 0 saturated heterocycles. The summed E-state index contributed by atoms with van der Waals surface area (Å²) in [5, 5.41) is 4.07. The highest BCUT2D eigenvalue weighted by Crippen LogP contribution is 2.23. The van der Waals surface area contributed by atoms with Gasteiger partial charge in [-0.15, -0.1) is 11.6 Å². The summed E-state index contributed by atoms with van der Waals surface area (Å²) < 4.78 is 5.33. The zero-order valence-electron chi connectivity index (χ0n) is 11.3. The standard InChI is InChI=1S/C16H17Cl2NO/c1-20-16-7-4-14(18)10-13(16)11-19-15-5-2-12(3-6-15)8-9-17/h2-7,10,19H,8-9,11H2,1H3. The van der Waals surface area contributed by atoms with Crippen LogP contribution in [0.5, 0.6) is 5.75 Å². The van der Waals surface area contributed by atoms with Crippen molar-refractivity contribution in [1.82, 2.24) is 0 Å². The van der Waals surface area contributed by atoms with Gasteiger partial charge >= 0.3 is 0 Å². The van der Waals surface area contributed by atoms with Gasteiger partial charge in [0, 0.05) is 28.7 Å². The van der Waals surface area contributed by atoms with Crippen LogP contribution in [-0.4, -0.2) is 13.0 Å². The van der Waals surface area contributed by atoms with E-state index in [1.165, 1.54) is 5.56 Å². The van der Waals surface area contributed by atoms with E-state index in [2.05, 4.69) is 29.6 Å². The number of ether oxygens (including phenoxy) is 1.